The normalized spacial score (nSPS) is 10.8. The third-order valence-corrected chi connectivity index (χ3v) is 3.40. The third kappa shape index (κ3) is 3.61. The van der Waals surface area contributed by atoms with Crippen LogP contribution in [0.1, 0.15) is 5.56 Å². The predicted molar refractivity (Wildman–Crippen MR) is 88.7 cm³/mol. The van der Waals surface area contributed by atoms with Crippen molar-refractivity contribution in [2.45, 2.75) is 0 Å². The van der Waals surface area contributed by atoms with Crippen LogP contribution in [-0.2, 0) is 0 Å². The van der Waals surface area contributed by atoms with Crippen LogP contribution in [0.15, 0.2) is 51.9 Å². The first-order valence-electron chi connectivity index (χ1n) is 6.25. The van der Waals surface area contributed by atoms with Crippen molar-refractivity contribution in [1.29, 1.82) is 0 Å². The Morgan fingerprint density at radius 1 is 1.10 bits per heavy atom. The number of rotatable bonds is 4. The topological polar surface area (TPSA) is 24.8 Å². The summed E-state index contributed by atoms with van der Waals surface area (Å²) in [4.78, 5) is 6.54. The molecule has 0 aliphatic heterocycles. The molecule has 0 saturated heterocycles. The zero-order chi connectivity index (χ0) is 14.5. The van der Waals surface area contributed by atoms with E-state index in [0.29, 0.717) is 0 Å². The summed E-state index contributed by atoms with van der Waals surface area (Å²) >= 11 is 3.45. The fraction of sp³-hybridized carbons (Fsp3) is 0.188. The van der Waals surface area contributed by atoms with Gasteiger partial charge in [0, 0.05) is 36.0 Å². The molecule has 2 aromatic rings. The van der Waals surface area contributed by atoms with E-state index in [9.17, 15) is 0 Å². The number of nitrogens with zero attached hydrogens (tertiary/aromatic N) is 2. The van der Waals surface area contributed by atoms with E-state index in [-0.39, 0.29) is 0 Å². The van der Waals surface area contributed by atoms with Crippen LogP contribution >= 0.6 is 15.9 Å². The monoisotopic (exact) mass is 332 g/mol. The summed E-state index contributed by atoms with van der Waals surface area (Å²) in [5, 5.41) is 0. The first kappa shape index (κ1) is 14.6. The second kappa shape index (κ2) is 6.57. The Labute approximate surface area is 128 Å². The largest absolute Gasteiger partial charge is 0.496 e. The summed E-state index contributed by atoms with van der Waals surface area (Å²) < 4.78 is 6.32. The highest BCUT2D eigenvalue weighted by Gasteiger charge is 2.01. The van der Waals surface area contributed by atoms with Gasteiger partial charge in [0.2, 0.25) is 0 Å². The molecule has 0 unspecified atom stereocenters. The number of ether oxygens (including phenoxy) is 1. The minimum Gasteiger partial charge on any atom is -0.496 e. The Balaban J connectivity index is 2.22. The molecule has 0 amide bonds. The van der Waals surface area contributed by atoms with Gasteiger partial charge in [0.25, 0.3) is 0 Å². The van der Waals surface area contributed by atoms with Gasteiger partial charge in [-0.25, -0.2) is 0 Å². The van der Waals surface area contributed by atoms with Gasteiger partial charge in [0.1, 0.15) is 5.75 Å². The van der Waals surface area contributed by atoms with Gasteiger partial charge < -0.3 is 9.64 Å². The first-order chi connectivity index (χ1) is 9.60. The van der Waals surface area contributed by atoms with Crippen molar-refractivity contribution in [3.05, 3.63) is 52.5 Å². The van der Waals surface area contributed by atoms with E-state index in [1.807, 2.05) is 62.8 Å². The molecule has 3 nitrogen and oxygen atoms in total. The average molecular weight is 333 g/mol. The molecule has 20 heavy (non-hydrogen) atoms. The molecule has 4 heteroatoms. The molecule has 0 heterocycles. The summed E-state index contributed by atoms with van der Waals surface area (Å²) in [6, 6.07) is 13.9. The standard InChI is InChI=1S/C16H17BrN2O/c1-19(2)15-7-5-14(6-8-15)18-11-12-10-13(17)4-9-16(12)20-3/h4-11H,1-3H3. The molecule has 0 atom stereocenters. The molecule has 2 aromatic carbocycles. The molecule has 0 radical (unpaired) electrons. The Morgan fingerprint density at radius 3 is 2.40 bits per heavy atom. The predicted octanol–water partition coefficient (Wildman–Crippen LogP) is 4.27. The lowest BCUT2D eigenvalue weighted by Crippen LogP contribution is -2.07. The number of aliphatic imine (C=N–C) groups is 1. The van der Waals surface area contributed by atoms with E-state index in [4.69, 9.17) is 4.74 Å². The van der Waals surface area contributed by atoms with Crippen LogP contribution in [-0.4, -0.2) is 27.4 Å². The van der Waals surface area contributed by atoms with Crippen molar-refractivity contribution in [3.8, 4) is 5.75 Å². The number of benzene rings is 2. The highest BCUT2D eigenvalue weighted by atomic mass is 79.9. The second-order valence-electron chi connectivity index (χ2n) is 4.56. The van der Waals surface area contributed by atoms with Crippen molar-refractivity contribution in [3.63, 3.8) is 0 Å². The number of halogens is 1. The zero-order valence-electron chi connectivity index (χ0n) is 11.8. The summed E-state index contributed by atoms with van der Waals surface area (Å²) in [6.45, 7) is 0. The third-order valence-electron chi connectivity index (χ3n) is 2.91. The van der Waals surface area contributed by atoms with Gasteiger partial charge in [0.05, 0.1) is 12.8 Å². The van der Waals surface area contributed by atoms with Crippen LogP contribution in [0.2, 0.25) is 0 Å². The highest BCUT2D eigenvalue weighted by Crippen LogP contribution is 2.23. The lowest BCUT2D eigenvalue weighted by atomic mass is 10.2. The SMILES string of the molecule is COc1ccc(Br)cc1C=Nc1ccc(N(C)C)cc1. The number of hydrogen-bond donors (Lipinski definition) is 0. The summed E-state index contributed by atoms with van der Waals surface area (Å²) in [5.74, 6) is 0.807. The van der Waals surface area contributed by atoms with Crippen molar-refractivity contribution in [1.82, 2.24) is 0 Å². The average Bonchev–Trinajstić information content (AvgIpc) is 2.45. The molecule has 104 valence electrons. The van der Waals surface area contributed by atoms with Crippen LogP contribution in [0, 0.1) is 0 Å². The van der Waals surface area contributed by atoms with E-state index in [0.717, 1.165) is 27.2 Å². The Morgan fingerprint density at radius 2 is 1.80 bits per heavy atom. The van der Waals surface area contributed by atoms with Gasteiger partial charge in [-0.3, -0.25) is 4.99 Å². The second-order valence-corrected chi connectivity index (χ2v) is 5.47. The van der Waals surface area contributed by atoms with Crippen LogP contribution in [0.3, 0.4) is 0 Å². The van der Waals surface area contributed by atoms with Crippen LogP contribution < -0.4 is 9.64 Å². The van der Waals surface area contributed by atoms with E-state index >= 15 is 0 Å². The highest BCUT2D eigenvalue weighted by molar-refractivity contribution is 9.10. The Kier molecular flexibility index (Phi) is 4.79. The minimum atomic E-state index is 0.807. The van der Waals surface area contributed by atoms with Crippen LogP contribution in [0.5, 0.6) is 5.75 Å². The smallest absolute Gasteiger partial charge is 0.127 e. The lowest BCUT2D eigenvalue weighted by molar-refractivity contribution is 0.414. The summed E-state index contributed by atoms with van der Waals surface area (Å²) in [6.07, 6.45) is 1.81. The molecule has 0 aliphatic rings. The fourth-order valence-corrected chi connectivity index (χ4v) is 2.17. The molecule has 0 aromatic heterocycles. The van der Waals surface area contributed by atoms with Gasteiger partial charge >= 0.3 is 0 Å². The maximum Gasteiger partial charge on any atom is 0.127 e. The summed E-state index contributed by atoms with van der Waals surface area (Å²) in [7, 11) is 5.70. The van der Waals surface area contributed by atoms with Crippen molar-refractivity contribution >= 4 is 33.5 Å². The Hall–Kier alpha value is -1.81. The van der Waals surface area contributed by atoms with Gasteiger partial charge in [-0.1, -0.05) is 15.9 Å². The van der Waals surface area contributed by atoms with E-state index < -0.39 is 0 Å². The molecule has 0 bridgehead atoms. The first-order valence-corrected chi connectivity index (χ1v) is 7.04. The number of anilines is 1. The van der Waals surface area contributed by atoms with Gasteiger partial charge in [-0.05, 0) is 42.5 Å². The van der Waals surface area contributed by atoms with Crippen LogP contribution in [0.4, 0.5) is 11.4 Å². The van der Waals surface area contributed by atoms with Gasteiger partial charge in [0.15, 0.2) is 0 Å². The van der Waals surface area contributed by atoms with Crippen molar-refractivity contribution in [2.24, 2.45) is 4.99 Å². The van der Waals surface area contributed by atoms with E-state index in [2.05, 4.69) is 25.8 Å². The fourth-order valence-electron chi connectivity index (χ4n) is 1.79. The minimum absolute atomic E-state index is 0.807. The van der Waals surface area contributed by atoms with E-state index in [1.165, 1.54) is 0 Å². The van der Waals surface area contributed by atoms with E-state index in [1.54, 1.807) is 7.11 Å². The molecule has 0 fully saturated rings. The number of methoxy groups -OCH3 is 1. The lowest BCUT2D eigenvalue weighted by Gasteiger charge is -2.11. The maximum atomic E-state index is 5.32. The van der Waals surface area contributed by atoms with Gasteiger partial charge in [-0.15, -0.1) is 0 Å². The molecule has 0 saturated carbocycles. The summed E-state index contributed by atoms with van der Waals surface area (Å²) in [5.41, 5.74) is 3.01. The zero-order valence-corrected chi connectivity index (χ0v) is 13.4. The molecular formula is C16H17BrN2O. The Bertz CT molecular complexity index is 606. The van der Waals surface area contributed by atoms with Gasteiger partial charge in [-0.2, -0.15) is 0 Å². The molecular weight excluding hydrogens is 316 g/mol. The maximum absolute atomic E-state index is 5.32. The quantitative estimate of drug-likeness (QED) is 0.781. The molecule has 2 rings (SSSR count). The van der Waals surface area contributed by atoms with Crippen molar-refractivity contribution in [2.75, 3.05) is 26.1 Å². The number of hydrogen-bond acceptors (Lipinski definition) is 3. The molecule has 0 aliphatic carbocycles. The molecule has 0 N–H and O–H groups in total. The molecule has 0 spiro atoms. The van der Waals surface area contributed by atoms with Crippen LogP contribution in [0.25, 0.3) is 0 Å². The van der Waals surface area contributed by atoms with Crippen molar-refractivity contribution < 1.29 is 4.74 Å².